The van der Waals surface area contributed by atoms with E-state index in [1.165, 1.54) is 0 Å². The van der Waals surface area contributed by atoms with Gasteiger partial charge in [0.1, 0.15) is 0 Å². The average molecular weight is 253 g/mol. The Morgan fingerprint density at radius 3 is 2.29 bits per heavy atom. The van der Waals surface area contributed by atoms with Gasteiger partial charge < -0.3 is 5.11 Å². The van der Waals surface area contributed by atoms with Gasteiger partial charge in [-0.1, -0.05) is 23.7 Å². The first-order valence-corrected chi connectivity index (χ1v) is 6.52. The highest BCUT2D eigenvalue weighted by Gasteiger charge is 2.36. The molecule has 3 aliphatic heterocycles. The SMILES string of the molecule is OC(c1ccc(Cl)cc1)C1CN2CCN1CC2. The van der Waals surface area contributed by atoms with E-state index >= 15 is 0 Å². The maximum absolute atomic E-state index is 10.4. The molecule has 0 saturated carbocycles. The van der Waals surface area contributed by atoms with Crippen molar-refractivity contribution in [1.29, 1.82) is 0 Å². The number of halogens is 1. The molecule has 3 nitrogen and oxygen atoms in total. The van der Waals surface area contributed by atoms with Crippen LogP contribution in [0, 0.1) is 0 Å². The summed E-state index contributed by atoms with van der Waals surface area (Å²) >= 11 is 5.86. The third kappa shape index (κ3) is 2.20. The molecule has 0 spiro atoms. The topological polar surface area (TPSA) is 26.7 Å². The molecule has 2 unspecified atom stereocenters. The van der Waals surface area contributed by atoms with Crippen LogP contribution in [0.25, 0.3) is 0 Å². The number of benzene rings is 1. The molecule has 0 aliphatic carbocycles. The van der Waals surface area contributed by atoms with E-state index < -0.39 is 6.10 Å². The third-order valence-electron chi connectivity index (χ3n) is 3.90. The van der Waals surface area contributed by atoms with E-state index in [9.17, 15) is 5.11 Å². The molecule has 17 heavy (non-hydrogen) atoms. The molecule has 3 fully saturated rings. The van der Waals surface area contributed by atoms with Crippen LogP contribution in [0.2, 0.25) is 5.02 Å². The molecular weight excluding hydrogens is 236 g/mol. The van der Waals surface area contributed by atoms with Crippen molar-refractivity contribution >= 4 is 11.6 Å². The Labute approximate surface area is 107 Å². The summed E-state index contributed by atoms with van der Waals surface area (Å²) in [5.74, 6) is 0. The van der Waals surface area contributed by atoms with E-state index in [1.807, 2.05) is 24.3 Å². The van der Waals surface area contributed by atoms with Crippen LogP contribution in [0.4, 0.5) is 0 Å². The summed E-state index contributed by atoms with van der Waals surface area (Å²) < 4.78 is 0. The monoisotopic (exact) mass is 252 g/mol. The van der Waals surface area contributed by atoms with E-state index in [4.69, 9.17) is 11.6 Å². The molecule has 1 aromatic rings. The number of nitrogens with zero attached hydrogens (tertiary/aromatic N) is 2. The van der Waals surface area contributed by atoms with Crippen LogP contribution < -0.4 is 0 Å². The fraction of sp³-hybridized carbons (Fsp3) is 0.538. The first-order valence-electron chi connectivity index (χ1n) is 6.14. The van der Waals surface area contributed by atoms with Gasteiger partial charge in [0.2, 0.25) is 0 Å². The quantitative estimate of drug-likeness (QED) is 0.862. The van der Waals surface area contributed by atoms with Crippen molar-refractivity contribution < 1.29 is 5.11 Å². The van der Waals surface area contributed by atoms with Crippen LogP contribution in [0.5, 0.6) is 0 Å². The second-order valence-electron chi connectivity index (χ2n) is 4.90. The molecular formula is C13H17ClN2O. The minimum absolute atomic E-state index is 0.235. The summed E-state index contributed by atoms with van der Waals surface area (Å²) in [6.45, 7) is 5.42. The third-order valence-corrected chi connectivity index (χ3v) is 4.15. The highest BCUT2D eigenvalue weighted by Crippen LogP contribution is 2.27. The lowest BCUT2D eigenvalue weighted by Gasteiger charge is -2.49. The summed E-state index contributed by atoms with van der Waals surface area (Å²) in [5, 5.41) is 11.2. The van der Waals surface area contributed by atoms with Crippen LogP contribution in [0.15, 0.2) is 24.3 Å². The van der Waals surface area contributed by atoms with E-state index in [2.05, 4.69) is 9.80 Å². The van der Waals surface area contributed by atoms with Gasteiger partial charge >= 0.3 is 0 Å². The second kappa shape index (κ2) is 4.58. The maximum atomic E-state index is 10.4. The fourth-order valence-corrected chi connectivity index (χ4v) is 2.97. The Hall–Kier alpha value is -0.610. The van der Waals surface area contributed by atoms with Gasteiger partial charge in [0.25, 0.3) is 0 Å². The fourth-order valence-electron chi connectivity index (χ4n) is 2.84. The van der Waals surface area contributed by atoms with Crippen LogP contribution >= 0.6 is 11.6 Å². The molecule has 3 aliphatic rings. The summed E-state index contributed by atoms with van der Waals surface area (Å²) in [5.41, 5.74) is 0.966. The molecule has 0 aromatic heterocycles. The van der Waals surface area contributed by atoms with Gasteiger partial charge in [0, 0.05) is 37.7 Å². The second-order valence-corrected chi connectivity index (χ2v) is 5.34. The van der Waals surface area contributed by atoms with Gasteiger partial charge in [-0.25, -0.2) is 0 Å². The molecule has 1 aromatic carbocycles. The lowest BCUT2D eigenvalue weighted by molar-refractivity contribution is -0.0470. The zero-order valence-corrected chi connectivity index (χ0v) is 10.5. The predicted molar refractivity (Wildman–Crippen MR) is 68.2 cm³/mol. The molecule has 4 heteroatoms. The number of fused-ring (bicyclic) bond motifs is 3. The zero-order valence-electron chi connectivity index (χ0n) is 9.72. The van der Waals surface area contributed by atoms with E-state index in [-0.39, 0.29) is 6.04 Å². The number of aliphatic hydroxyl groups is 1. The van der Waals surface area contributed by atoms with Crippen LogP contribution in [-0.2, 0) is 0 Å². The summed E-state index contributed by atoms with van der Waals surface area (Å²) in [4.78, 5) is 4.84. The Bertz CT molecular complexity index is 387. The average Bonchev–Trinajstić information content (AvgIpc) is 2.40. The lowest BCUT2D eigenvalue weighted by atomic mass is 9.96. The Kier molecular flexibility index (Phi) is 3.09. The first kappa shape index (κ1) is 11.5. The predicted octanol–water partition coefficient (Wildman–Crippen LogP) is 1.37. The smallest absolute Gasteiger partial charge is 0.0957 e. The van der Waals surface area contributed by atoms with Crippen LogP contribution in [0.3, 0.4) is 0 Å². The van der Waals surface area contributed by atoms with E-state index in [0.717, 1.165) is 43.3 Å². The zero-order chi connectivity index (χ0) is 11.8. The lowest BCUT2D eigenvalue weighted by Crippen LogP contribution is -2.62. The molecule has 4 rings (SSSR count). The highest BCUT2D eigenvalue weighted by atomic mass is 35.5. The number of piperazine rings is 3. The molecule has 1 N–H and O–H groups in total. The molecule has 92 valence electrons. The number of hydrogen-bond acceptors (Lipinski definition) is 3. The highest BCUT2D eigenvalue weighted by molar-refractivity contribution is 6.30. The van der Waals surface area contributed by atoms with Crippen molar-refractivity contribution in [1.82, 2.24) is 9.80 Å². The maximum Gasteiger partial charge on any atom is 0.0957 e. The minimum Gasteiger partial charge on any atom is -0.387 e. The van der Waals surface area contributed by atoms with Crippen molar-refractivity contribution in [3.8, 4) is 0 Å². The number of hydrogen-bond donors (Lipinski definition) is 1. The van der Waals surface area contributed by atoms with Crippen molar-refractivity contribution in [3.05, 3.63) is 34.9 Å². The molecule has 0 radical (unpaired) electrons. The number of aliphatic hydroxyl groups excluding tert-OH is 1. The summed E-state index contributed by atoms with van der Waals surface area (Å²) in [6.07, 6.45) is -0.407. The Morgan fingerprint density at radius 1 is 1.12 bits per heavy atom. The Morgan fingerprint density at radius 2 is 1.76 bits per heavy atom. The molecule has 3 heterocycles. The van der Waals surface area contributed by atoms with Crippen molar-refractivity contribution in [3.63, 3.8) is 0 Å². The summed E-state index contributed by atoms with van der Waals surface area (Å²) in [6, 6.07) is 7.77. The summed E-state index contributed by atoms with van der Waals surface area (Å²) in [7, 11) is 0. The van der Waals surface area contributed by atoms with E-state index in [0.29, 0.717) is 0 Å². The van der Waals surface area contributed by atoms with Gasteiger partial charge in [-0.05, 0) is 17.7 Å². The van der Waals surface area contributed by atoms with Crippen molar-refractivity contribution in [2.24, 2.45) is 0 Å². The standard InChI is InChI=1S/C13H17ClN2O/c14-11-3-1-10(2-4-11)13(17)12-9-15-5-7-16(12)8-6-15/h1-4,12-13,17H,5-9H2. The van der Waals surface area contributed by atoms with Crippen LogP contribution in [0.1, 0.15) is 11.7 Å². The van der Waals surface area contributed by atoms with Crippen molar-refractivity contribution in [2.45, 2.75) is 12.1 Å². The van der Waals surface area contributed by atoms with Gasteiger partial charge in [0.15, 0.2) is 0 Å². The first-order chi connectivity index (χ1) is 8.24. The Balaban J connectivity index is 1.77. The van der Waals surface area contributed by atoms with E-state index in [1.54, 1.807) is 0 Å². The molecule has 3 saturated heterocycles. The molecule has 0 amide bonds. The van der Waals surface area contributed by atoms with Gasteiger partial charge in [-0.2, -0.15) is 0 Å². The van der Waals surface area contributed by atoms with Gasteiger partial charge in [-0.15, -0.1) is 0 Å². The van der Waals surface area contributed by atoms with Gasteiger partial charge in [0.05, 0.1) is 12.1 Å². The molecule has 2 atom stereocenters. The normalized spacial score (nSPS) is 33.6. The van der Waals surface area contributed by atoms with Crippen LogP contribution in [-0.4, -0.2) is 53.7 Å². The van der Waals surface area contributed by atoms with Gasteiger partial charge in [-0.3, -0.25) is 9.80 Å². The molecule has 2 bridgehead atoms. The van der Waals surface area contributed by atoms with Crippen molar-refractivity contribution in [2.75, 3.05) is 32.7 Å². The minimum atomic E-state index is -0.407. The number of rotatable bonds is 2. The largest absolute Gasteiger partial charge is 0.387 e.